The van der Waals surface area contributed by atoms with Crippen LogP contribution in [0.25, 0.3) is 0 Å². The lowest BCUT2D eigenvalue weighted by Gasteiger charge is -2.04. The van der Waals surface area contributed by atoms with E-state index in [4.69, 9.17) is 0 Å². The van der Waals surface area contributed by atoms with Gasteiger partial charge < -0.3 is 4.84 Å². The highest BCUT2D eigenvalue weighted by Gasteiger charge is 1.92. The summed E-state index contributed by atoms with van der Waals surface area (Å²) in [6.07, 6.45) is 5.40. The molecule has 1 heterocycles. The summed E-state index contributed by atoms with van der Waals surface area (Å²) in [4.78, 5) is 14.5. The van der Waals surface area contributed by atoms with E-state index in [1.165, 1.54) is 6.26 Å². The number of nitrogens with one attached hydrogen (secondary N) is 1. The van der Waals surface area contributed by atoms with Gasteiger partial charge in [0, 0.05) is 0 Å². The second-order valence-electron chi connectivity index (χ2n) is 1.29. The number of hydroxylamine groups is 1. The van der Waals surface area contributed by atoms with Crippen molar-refractivity contribution >= 4 is 6.29 Å². The molecule has 0 aromatic carbocycles. The highest BCUT2D eigenvalue weighted by atomic mass is 16.6. The lowest BCUT2D eigenvalue weighted by molar-refractivity contribution is -0.106. The number of allylic oxidation sites excluding steroid dienone is 3. The first-order valence-electron chi connectivity index (χ1n) is 2.17. The fourth-order valence-corrected chi connectivity index (χ4v) is 0.382. The highest BCUT2D eigenvalue weighted by molar-refractivity contribution is 5.72. The molecule has 1 rings (SSSR count). The minimum Gasteiger partial charge on any atom is -0.390 e. The van der Waals surface area contributed by atoms with Crippen molar-refractivity contribution in [3.8, 4) is 0 Å². The highest BCUT2D eigenvalue weighted by Crippen LogP contribution is 1.91. The Balaban J connectivity index is 2.63. The Morgan fingerprint density at radius 3 is 3.00 bits per heavy atom. The van der Waals surface area contributed by atoms with Gasteiger partial charge in [0.25, 0.3) is 0 Å². The first-order chi connectivity index (χ1) is 3.93. The molecule has 1 aliphatic rings. The molecule has 0 amide bonds. The quantitative estimate of drug-likeness (QED) is 0.488. The van der Waals surface area contributed by atoms with Crippen LogP contribution in [-0.4, -0.2) is 6.29 Å². The van der Waals surface area contributed by atoms with Gasteiger partial charge in [-0.15, -0.1) is 0 Å². The Labute approximate surface area is 46.6 Å². The molecule has 3 nitrogen and oxygen atoms in total. The van der Waals surface area contributed by atoms with Crippen LogP contribution in [-0.2, 0) is 9.63 Å². The zero-order valence-corrected chi connectivity index (χ0v) is 4.13. The van der Waals surface area contributed by atoms with Crippen LogP contribution in [0.5, 0.6) is 0 Å². The van der Waals surface area contributed by atoms with Gasteiger partial charge in [-0.2, -0.15) is 0 Å². The number of rotatable bonds is 1. The molecule has 0 aromatic rings. The smallest absolute Gasteiger partial charge is 0.169 e. The molecule has 1 N–H and O–H groups in total. The van der Waals surface area contributed by atoms with Crippen molar-refractivity contribution in [2.45, 2.75) is 0 Å². The zero-order chi connectivity index (χ0) is 5.82. The Morgan fingerprint density at radius 1 is 1.75 bits per heavy atom. The molecule has 0 radical (unpaired) electrons. The van der Waals surface area contributed by atoms with E-state index in [-0.39, 0.29) is 0 Å². The van der Waals surface area contributed by atoms with Crippen molar-refractivity contribution in [3.05, 3.63) is 24.1 Å². The van der Waals surface area contributed by atoms with E-state index in [9.17, 15) is 4.79 Å². The van der Waals surface area contributed by atoms with Crippen molar-refractivity contribution in [1.82, 2.24) is 5.48 Å². The Kier molecular flexibility index (Phi) is 1.32. The van der Waals surface area contributed by atoms with Gasteiger partial charge >= 0.3 is 0 Å². The summed E-state index contributed by atoms with van der Waals surface area (Å²) in [7, 11) is 0. The molecule has 0 atom stereocenters. The number of carbonyl (C=O) groups excluding carboxylic acids is 1. The first-order valence-corrected chi connectivity index (χ1v) is 2.17. The molecule has 0 bridgehead atoms. The number of carbonyl (C=O) groups is 1. The van der Waals surface area contributed by atoms with E-state index >= 15 is 0 Å². The second kappa shape index (κ2) is 2.16. The zero-order valence-electron chi connectivity index (χ0n) is 4.13. The fourth-order valence-electron chi connectivity index (χ4n) is 0.382. The van der Waals surface area contributed by atoms with Crippen molar-refractivity contribution in [3.63, 3.8) is 0 Å². The monoisotopic (exact) mass is 111 g/mol. The Hall–Kier alpha value is -1.25. The summed E-state index contributed by atoms with van der Waals surface area (Å²) < 4.78 is 0. The minimum absolute atomic E-state index is 0.438. The van der Waals surface area contributed by atoms with Crippen LogP contribution >= 0.6 is 0 Å². The second-order valence-corrected chi connectivity index (χ2v) is 1.29. The topological polar surface area (TPSA) is 38.3 Å². The van der Waals surface area contributed by atoms with Crippen molar-refractivity contribution < 1.29 is 9.63 Å². The van der Waals surface area contributed by atoms with Gasteiger partial charge in [-0.05, 0) is 12.2 Å². The molecule has 8 heavy (non-hydrogen) atoms. The predicted molar refractivity (Wildman–Crippen MR) is 27.5 cm³/mol. The average molecular weight is 111 g/mol. The molecule has 0 saturated heterocycles. The van der Waals surface area contributed by atoms with Crippen LogP contribution in [0.1, 0.15) is 0 Å². The van der Waals surface area contributed by atoms with E-state index in [2.05, 4.69) is 10.3 Å². The Morgan fingerprint density at radius 2 is 2.62 bits per heavy atom. The maximum absolute atomic E-state index is 9.92. The van der Waals surface area contributed by atoms with Crippen LogP contribution in [0.15, 0.2) is 24.1 Å². The van der Waals surface area contributed by atoms with E-state index < -0.39 is 0 Å². The van der Waals surface area contributed by atoms with Gasteiger partial charge in [-0.25, -0.2) is 5.48 Å². The summed E-state index contributed by atoms with van der Waals surface area (Å²) in [5.74, 6) is 0. The van der Waals surface area contributed by atoms with E-state index in [0.717, 1.165) is 0 Å². The standard InChI is InChI=1S/C5H5NO2/c7-4-5-2-1-3-8-6-5/h1-4,6H. The average Bonchev–Trinajstić information content (AvgIpc) is 1.90. The summed E-state index contributed by atoms with van der Waals surface area (Å²) in [5.41, 5.74) is 2.81. The first kappa shape index (κ1) is 4.90. The lowest BCUT2D eigenvalue weighted by atomic mass is 10.4. The van der Waals surface area contributed by atoms with Gasteiger partial charge in [0.05, 0.1) is 0 Å². The maximum atomic E-state index is 9.92. The van der Waals surface area contributed by atoms with Crippen LogP contribution < -0.4 is 5.48 Å². The summed E-state index contributed by atoms with van der Waals surface area (Å²) in [5, 5.41) is 0. The molecular weight excluding hydrogens is 106 g/mol. The third-order valence-electron chi connectivity index (χ3n) is 0.726. The fraction of sp³-hybridized carbons (Fsp3) is 0. The van der Waals surface area contributed by atoms with Gasteiger partial charge in [0.2, 0.25) is 0 Å². The summed E-state index contributed by atoms with van der Waals surface area (Å²) in [6, 6.07) is 0. The molecular formula is C5H5NO2. The van der Waals surface area contributed by atoms with Gasteiger partial charge in [-0.1, -0.05) is 0 Å². The number of aldehydes is 1. The number of hydrogen-bond donors (Lipinski definition) is 1. The third kappa shape index (κ3) is 0.872. The molecule has 0 saturated carbocycles. The Bertz CT molecular complexity index is 149. The lowest BCUT2D eigenvalue weighted by Crippen LogP contribution is -2.13. The molecule has 3 heteroatoms. The minimum atomic E-state index is 0.438. The molecule has 0 unspecified atom stereocenters. The van der Waals surface area contributed by atoms with Crippen LogP contribution in [0.2, 0.25) is 0 Å². The van der Waals surface area contributed by atoms with Gasteiger partial charge in [0.1, 0.15) is 12.0 Å². The van der Waals surface area contributed by atoms with Crippen LogP contribution in [0.4, 0.5) is 0 Å². The van der Waals surface area contributed by atoms with Gasteiger partial charge in [-0.3, -0.25) is 4.79 Å². The van der Waals surface area contributed by atoms with E-state index in [1.54, 1.807) is 12.2 Å². The third-order valence-corrected chi connectivity index (χ3v) is 0.726. The van der Waals surface area contributed by atoms with Crippen LogP contribution in [0, 0.1) is 0 Å². The largest absolute Gasteiger partial charge is 0.390 e. The van der Waals surface area contributed by atoms with Crippen LogP contribution in [0.3, 0.4) is 0 Å². The SMILES string of the molecule is O=CC1=CC=CON1. The predicted octanol–water partition coefficient (Wildman–Crippen LogP) is 0.118. The summed E-state index contributed by atoms with van der Waals surface area (Å²) >= 11 is 0. The van der Waals surface area contributed by atoms with Crippen molar-refractivity contribution in [2.24, 2.45) is 0 Å². The van der Waals surface area contributed by atoms with Gasteiger partial charge in [0.15, 0.2) is 6.29 Å². The van der Waals surface area contributed by atoms with Crippen molar-refractivity contribution in [2.75, 3.05) is 0 Å². The molecule has 0 spiro atoms. The maximum Gasteiger partial charge on any atom is 0.169 e. The molecule has 42 valence electrons. The number of hydrogen-bond acceptors (Lipinski definition) is 3. The van der Waals surface area contributed by atoms with E-state index in [1.807, 2.05) is 0 Å². The molecule has 0 fully saturated rings. The normalized spacial score (nSPS) is 15.8. The molecule has 0 aliphatic carbocycles. The summed E-state index contributed by atoms with van der Waals surface area (Å²) in [6.45, 7) is 0. The van der Waals surface area contributed by atoms with E-state index in [0.29, 0.717) is 12.0 Å². The van der Waals surface area contributed by atoms with Crippen molar-refractivity contribution in [1.29, 1.82) is 0 Å². The molecule has 0 aromatic heterocycles. The molecule has 1 aliphatic heterocycles.